The predicted octanol–water partition coefficient (Wildman–Crippen LogP) is 4.44. The zero-order valence-electron chi connectivity index (χ0n) is 13.3. The van der Waals surface area contributed by atoms with Crippen molar-refractivity contribution in [1.29, 1.82) is 5.26 Å². The predicted molar refractivity (Wildman–Crippen MR) is 92.9 cm³/mol. The number of thiazole rings is 1. The fourth-order valence-corrected chi connectivity index (χ4v) is 1.93. The molecule has 8 heteroatoms. The van der Waals surface area contributed by atoms with Gasteiger partial charge in [0, 0.05) is 21.2 Å². The monoisotopic (exact) mass is 343 g/mol. The highest BCUT2D eigenvalue weighted by Gasteiger charge is 2.04. The molecule has 6 nitrogen and oxygen atoms in total. The lowest BCUT2D eigenvalue weighted by atomic mass is 10.5. The van der Waals surface area contributed by atoms with Gasteiger partial charge < -0.3 is 10.1 Å². The Morgan fingerprint density at radius 2 is 2.09 bits per heavy atom. The first-order valence-corrected chi connectivity index (χ1v) is 7.91. The fraction of sp³-hybridized carbons (Fsp3) is 0.429. The van der Waals surface area contributed by atoms with Gasteiger partial charge in [-0.15, -0.1) is 0 Å². The molecule has 2 aromatic rings. The van der Waals surface area contributed by atoms with E-state index in [0.29, 0.717) is 26.8 Å². The minimum atomic E-state index is 0. The van der Waals surface area contributed by atoms with E-state index in [2.05, 4.69) is 25.0 Å². The summed E-state index contributed by atoms with van der Waals surface area (Å²) in [5.41, 5.74) is 0. The van der Waals surface area contributed by atoms with Crippen molar-refractivity contribution in [3.8, 4) is 6.07 Å². The van der Waals surface area contributed by atoms with Gasteiger partial charge in [0.05, 0.1) is 6.20 Å². The molecular formula is C14H22ClN5OS. The molecule has 0 aliphatic rings. The van der Waals surface area contributed by atoms with Crippen LogP contribution in [0.2, 0.25) is 5.15 Å². The highest BCUT2D eigenvalue weighted by atomic mass is 35.5. The summed E-state index contributed by atoms with van der Waals surface area (Å²) in [5, 5.41) is 12.6. The smallest absolute Gasteiger partial charge is 0.189 e. The summed E-state index contributed by atoms with van der Waals surface area (Å²) < 4.78 is 4.54. The van der Waals surface area contributed by atoms with Gasteiger partial charge in [-0.1, -0.05) is 36.8 Å². The molecule has 0 saturated heterocycles. The summed E-state index contributed by atoms with van der Waals surface area (Å²) in [5.74, 6) is 1.14. The van der Waals surface area contributed by atoms with Crippen LogP contribution in [0.25, 0.3) is 0 Å². The van der Waals surface area contributed by atoms with Crippen LogP contribution in [0.5, 0.6) is 0 Å². The molecule has 0 aliphatic carbocycles. The molecule has 0 aromatic carbocycles. The molecule has 2 aromatic heterocycles. The first-order valence-electron chi connectivity index (χ1n) is 6.72. The standard InChI is InChI=1S/C9H6ClN5S.C3H8O.C2H6.H2/c1-5-13-7(10)2-8(14-5)15-9-12-4-6(3-11)16-9;1-3-4-2;1-2;/h2,4H,1H3,(H,12,13,14,15);3H2,1-2H3;1-2H3;1H. The SMILES string of the molecule is CC.CCOC.Cc1nc(Cl)cc(Nc2ncc(C#N)s2)n1.[HH]. The average molecular weight is 344 g/mol. The van der Waals surface area contributed by atoms with Crippen molar-refractivity contribution in [2.45, 2.75) is 27.7 Å². The third kappa shape index (κ3) is 7.88. The minimum Gasteiger partial charge on any atom is -0.385 e. The molecule has 0 radical (unpaired) electrons. The van der Waals surface area contributed by atoms with E-state index in [1.54, 1.807) is 20.1 Å². The highest BCUT2D eigenvalue weighted by molar-refractivity contribution is 7.16. The summed E-state index contributed by atoms with van der Waals surface area (Å²) in [6.45, 7) is 8.53. The van der Waals surface area contributed by atoms with Gasteiger partial charge in [0.15, 0.2) is 5.13 Å². The zero-order valence-corrected chi connectivity index (χ0v) is 14.9. The van der Waals surface area contributed by atoms with E-state index in [-0.39, 0.29) is 1.43 Å². The van der Waals surface area contributed by atoms with Crippen LogP contribution in [0.4, 0.5) is 10.9 Å². The Hall–Kier alpha value is -1.75. The molecular weight excluding hydrogens is 322 g/mol. The second-order valence-corrected chi connectivity index (χ2v) is 4.88. The van der Waals surface area contributed by atoms with Crippen molar-refractivity contribution in [2.24, 2.45) is 0 Å². The van der Waals surface area contributed by atoms with E-state index in [9.17, 15) is 0 Å². The Bertz CT molecular complexity index is 581. The lowest BCUT2D eigenvalue weighted by Gasteiger charge is -2.02. The van der Waals surface area contributed by atoms with Gasteiger partial charge in [0.2, 0.25) is 0 Å². The number of hydrogen-bond donors (Lipinski definition) is 1. The highest BCUT2D eigenvalue weighted by Crippen LogP contribution is 2.21. The molecule has 2 rings (SSSR count). The van der Waals surface area contributed by atoms with Gasteiger partial charge >= 0.3 is 0 Å². The van der Waals surface area contributed by atoms with Gasteiger partial charge in [0.1, 0.15) is 27.7 Å². The van der Waals surface area contributed by atoms with Crippen LogP contribution in [-0.4, -0.2) is 28.7 Å². The molecule has 122 valence electrons. The summed E-state index contributed by atoms with van der Waals surface area (Å²) >= 11 is 7.04. The van der Waals surface area contributed by atoms with Crippen molar-refractivity contribution in [3.05, 3.63) is 28.1 Å². The van der Waals surface area contributed by atoms with Crippen LogP contribution in [-0.2, 0) is 4.74 Å². The number of aryl methyl sites for hydroxylation is 1. The lowest BCUT2D eigenvalue weighted by Crippen LogP contribution is -1.96. The number of hydrogen-bond acceptors (Lipinski definition) is 7. The number of rotatable bonds is 3. The van der Waals surface area contributed by atoms with Crippen LogP contribution in [0, 0.1) is 18.3 Å². The average Bonchev–Trinajstić information content (AvgIpc) is 2.96. The summed E-state index contributed by atoms with van der Waals surface area (Å²) in [7, 11) is 1.68. The molecule has 0 fully saturated rings. The Labute approximate surface area is 141 Å². The third-order valence-corrected chi connectivity index (χ3v) is 2.96. The second-order valence-electron chi connectivity index (χ2n) is 3.47. The molecule has 0 unspecified atom stereocenters. The Kier molecular flexibility index (Phi) is 10.9. The molecule has 2 heterocycles. The van der Waals surface area contributed by atoms with Crippen LogP contribution in [0.15, 0.2) is 12.3 Å². The summed E-state index contributed by atoms with van der Waals surface area (Å²) in [6, 6.07) is 3.61. The van der Waals surface area contributed by atoms with E-state index in [1.165, 1.54) is 17.5 Å². The number of methoxy groups -OCH3 is 1. The fourth-order valence-electron chi connectivity index (χ4n) is 1.09. The quantitative estimate of drug-likeness (QED) is 0.829. The van der Waals surface area contributed by atoms with Gasteiger partial charge in [-0.25, -0.2) is 15.0 Å². The Morgan fingerprint density at radius 3 is 2.55 bits per heavy atom. The maximum atomic E-state index is 8.65. The largest absolute Gasteiger partial charge is 0.385 e. The normalized spacial score (nSPS) is 8.77. The van der Waals surface area contributed by atoms with E-state index >= 15 is 0 Å². The molecule has 0 bridgehead atoms. The maximum Gasteiger partial charge on any atom is 0.189 e. The number of anilines is 2. The first kappa shape index (κ1) is 20.2. The number of halogens is 1. The molecule has 0 saturated carbocycles. The van der Waals surface area contributed by atoms with Gasteiger partial charge in [-0.3, -0.25) is 0 Å². The van der Waals surface area contributed by atoms with Crippen LogP contribution in [0.3, 0.4) is 0 Å². The lowest BCUT2D eigenvalue weighted by molar-refractivity contribution is 0.215. The van der Waals surface area contributed by atoms with Gasteiger partial charge in [-0.2, -0.15) is 5.26 Å². The van der Waals surface area contributed by atoms with Crippen molar-refractivity contribution < 1.29 is 6.16 Å². The number of nitrogens with one attached hydrogen (secondary N) is 1. The summed E-state index contributed by atoms with van der Waals surface area (Å²) in [4.78, 5) is 12.6. The molecule has 22 heavy (non-hydrogen) atoms. The van der Waals surface area contributed by atoms with E-state index in [1.807, 2.05) is 26.8 Å². The van der Waals surface area contributed by atoms with E-state index in [0.717, 1.165) is 6.61 Å². The zero-order chi connectivity index (χ0) is 17.0. The molecule has 0 spiro atoms. The molecule has 0 atom stereocenters. The number of nitriles is 1. The van der Waals surface area contributed by atoms with Crippen LogP contribution < -0.4 is 5.32 Å². The Balaban J connectivity index is 0. The summed E-state index contributed by atoms with van der Waals surface area (Å²) in [6.07, 6.45) is 1.50. The minimum absolute atomic E-state index is 0. The molecule has 1 N–H and O–H groups in total. The van der Waals surface area contributed by atoms with Crippen molar-refractivity contribution in [3.63, 3.8) is 0 Å². The molecule has 0 amide bonds. The van der Waals surface area contributed by atoms with Crippen molar-refractivity contribution in [1.82, 2.24) is 15.0 Å². The van der Waals surface area contributed by atoms with Crippen molar-refractivity contribution >= 4 is 33.9 Å². The number of ether oxygens (including phenoxy) is 1. The second kappa shape index (κ2) is 11.9. The number of nitrogens with zero attached hydrogens (tertiary/aromatic N) is 4. The van der Waals surface area contributed by atoms with Gasteiger partial charge in [-0.05, 0) is 13.8 Å². The van der Waals surface area contributed by atoms with E-state index in [4.69, 9.17) is 16.9 Å². The number of aromatic nitrogens is 3. The maximum absolute atomic E-state index is 8.65. The van der Waals surface area contributed by atoms with Gasteiger partial charge in [0.25, 0.3) is 0 Å². The topological polar surface area (TPSA) is 83.7 Å². The third-order valence-electron chi connectivity index (χ3n) is 1.95. The Morgan fingerprint density at radius 1 is 1.45 bits per heavy atom. The van der Waals surface area contributed by atoms with E-state index < -0.39 is 0 Å². The van der Waals surface area contributed by atoms with Crippen LogP contribution >= 0.6 is 22.9 Å². The van der Waals surface area contributed by atoms with Crippen LogP contribution in [0.1, 0.15) is 32.9 Å². The first-order chi connectivity index (χ1) is 10.6. The molecule has 0 aliphatic heterocycles. The van der Waals surface area contributed by atoms with Crippen molar-refractivity contribution in [2.75, 3.05) is 19.0 Å².